The van der Waals surface area contributed by atoms with E-state index in [4.69, 9.17) is 0 Å². The van der Waals surface area contributed by atoms with Crippen molar-refractivity contribution in [3.05, 3.63) is 88.9 Å². The summed E-state index contributed by atoms with van der Waals surface area (Å²) in [5.74, 6) is 0.619. The molecule has 156 valence electrons. The van der Waals surface area contributed by atoms with E-state index >= 15 is 0 Å². The van der Waals surface area contributed by atoms with Crippen molar-refractivity contribution < 1.29 is 13.2 Å². The van der Waals surface area contributed by atoms with Crippen molar-refractivity contribution in [1.82, 2.24) is 0 Å². The molecule has 0 aliphatic heterocycles. The Labute approximate surface area is 189 Å². The van der Waals surface area contributed by atoms with Gasteiger partial charge in [-0.05, 0) is 61.0 Å². The molecule has 0 aliphatic carbocycles. The second kappa shape index (κ2) is 10.1. The first-order valence-corrected chi connectivity index (χ1v) is 12.5. The summed E-state index contributed by atoms with van der Waals surface area (Å²) in [6, 6.07) is 22.9. The summed E-state index contributed by atoms with van der Waals surface area (Å²) in [6.07, 6.45) is 0. The Morgan fingerprint density at radius 1 is 0.933 bits per heavy atom. The third-order valence-corrected chi connectivity index (χ3v) is 7.38. The third-order valence-electron chi connectivity index (χ3n) is 4.24. The second-order valence-electron chi connectivity index (χ2n) is 6.56. The fraction of sp³-hybridized carbons (Fsp3) is 0.136. The van der Waals surface area contributed by atoms with E-state index in [1.807, 2.05) is 37.3 Å². The van der Waals surface area contributed by atoms with Crippen molar-refractivity contribution >= 4 is 55.0 Å². The molecule has 2 N–H and O–H groups in total. The molecule has 1 amide bonds. The van der Waals surface area contributed by atoms with Crippen LogP contribution in [-0.2, 0) is 20.6 Å². The van der Waals surface area contributed by atoms with Crippen molar-refractivity contribution in [2.45, 2.75) is 22.8 Å². The van der Waals surface area contributed by atoms with Crippen molar-refractivity contribution in [1.29, 1.82) is 0 Å². The fourth-order valence-corrected chi connectivity index (χ4v) is 4.73. The minimum atomic E-state index is -3.71. The number of sulfonamides is 1. The minimum Gasteiger partial charge on any atom is -0.325 e. The molecule has 0 aliphatic rings. The first-order chi connectivity index (χ1) is 14.3. The Morgan fingerprint density at radius 2 is 1.53 bits per heavy atom. The largest absolute Gasteiger partial charge is 0.325 e. The lowest BCUT2D eigenvalue weighted by Crippen LogP contribution is -2.22. The zero-order chi connectivity index (χ0) is 21.6. The van der Waals surface area contributed by atoms with E-state index in [0.29, 0.717) is 11.4 Å². The summed E-state index contributed by atoms with van der Waals surface area (Å²) in [6.45, 7) is 1.85. The van der Waals surface area contributed by atoms with E-state index in [1.165, 1.54) is 12.1 Å². The Kier molecular flexibility index (Phi) is 7.58. The standard InChI is InChI=1S/C22H21BrN2O3S2/c1-16(29-15-17-5-3-2-4-6-17)22(26)24-19-11-13-21(14-12-19)30(27,28)25-20-9-7-18(23)8-10-20/h2-14,16,25H,15H2,1H3,(H,24,26)/t16-/m0/s1. The summed E-state index contributed by atoms with van der Waals surface area (Å²) in [5.41, 5.74) is 2.18. The number of benzene rings is 3. The first-order valence-electron chi connectivity index (χ1n) is 9.18. The highest BCUT2D eigenvalue weighted by Crippen LogP contribution is 2.22. The van der Waals surface area contributed by atoms with Gasteiger partial charge in [0.15, 0.2) is 0 Å². The highest BCUT2D eigenvalue weighted by molar-refractivity contribution is 9.10. The molecule has 0 unspecified atom stereocenters. The normalized spacial score (nSPS) is 12.2. The molecule has 0 aromatic heterocycles. The number of halogens is 1. The maximum absolute atomic E-state index is 12.5. The van der Waals surface area contributed by atoms with Crippen LogP contribution in [0.4, 0.5) is 11.4 Å². The average molecular weight is 505 g/mol. The van der Waals surface area contributed by atoms with Gasteiger partial charge in [0.05, 0.1) is 10.1 Å². The molecule has 0 radical (unpaired) electrons. The number of amides is 1. The zero-order valence-corrected chi connectivity index (χ0v) is 19.4. The smallest absolute Gasteiger partial charge is 0.261 e. The van der Waals surface area contributed by atoms with E-state index in [9.17, 15) is 13.2 Å². The quantitative estimate of drug-likeness (QED) is 0.424. The Morgan fingerprint density at radius 3 is 2.17 bits per heavy atom. The van der Waals surface area contributed by atoms with Gasteiger partial charge in [0, 0.05) is 21.6 Å². The van der Waals surface area contributed by atoms with Crippen LogP contribution in [0.2, 0.25) is 0 Å². The van der Waals surface area contributed by atoms with Crippen molar-refractivity contribution in [2.24, 2.45) is 0 Å². The van der Waals surface area contributed by atoms with Gasteiger partial charge in [-0.1, -0.05) is 46.3 Å². The van der Waals surface area contributed by atoms with Crippen LogP contribution in [0.1, 0.15) is 12.5 Å². The third kappa shape index (κ3) is 6.35. The molecule has 0 saturated heterocycles. The van der Waals surface area contributed by atoms with Crippen LogP contribution in [0, 0.1) is 0 Å². The summed E-state index contributed by atoms with van der Waals surface area (Å²) >= 11 is 4.86. The van der Waals surface area contributed by atoms with Crippen molar-refractivity contribution in [3.63, 3.8) is 0 Å². The molecule has 0 heterocycles. The molecule has 0 spiro atoms. The van der Waals surface area contributed by atoms with E-state index in [1.54, 1.807) is 48.2 Å². The number of anilines is 2. The molecule has 3 rings (SSSR count). The first kappa shape index (κ1) is 22.4. The molecule has 8 heteroatoms. The Balaban J connectivity index is 1.57. The molecular weight excluding hydrogens is 484 g/mol. The monoisotopic (exact) mass is 504 g/mol. The predicted molar refractivity (Wildman–Crippen MR) is 127 cm³/mol. The Hall–Kier alpha value is -2.29. The SMILES string of the molecule is C[C@H](SCc1ccccc1)C(=O)Nc1ccc(S(=O)(=O)Nc2ccc(Br)cc2)cc1. The second-order valence-corrected chi connectivity index (χ2v) is 10.5. The number of carbonyl (C=O) groups excluding carboxylic acids is 1. The molecule has 0 fully saturated rings. The number of hydrogen-bond donors (Lipinski definition) is 2. The molecule has 30 heavy (non-hydrogen) atoms. The molecule has 1 atom stereocenters. The van der Waals surface area contributed by atoms with E-state index in [2.05, 4.69) is 26.0 Å². The number of hydrogen-bond acceptors (Lipinski definition) is 4. The van der Waals surface area contributed by atoms with Crippen LogP contribution in [0.25, 0.3) is 0 Å². The van der Waals surface area contributed by atoms with E-state index in [-0.39, 0.29) is 16.1 Å². The van der Waals surface area contributed by atoms with Gasteiger partial charge in [-0.15, -0.1) is 11.8 Å². The maximum Gasteiger partial charge on any atom is 0.261 e. The van der Waals surface area contributed by atoms with Crippen LogP contribution in [0.5, 0.6) is 0 Å². The van der Waals surface area contributed by atoms with Crippen molar-refractivity contribution in [3.8, 4) is 0 Å². The zero-order valence-electron chi connectivity index (χ0n) is 16.2. The van der Waals surface area contributed by atoms with E-state index in [0.717, 1.165) is 15.8 Å². The summed E-state index contributed by atoms with van der Waals surface area (Å²) in [4.78, 5) is 12.5. The number of carbonyl (C=O) groups is 1. The topological polar surface area (TPSA) is 75.3 Å². The molecular formula is C22H21BrN2O3S2. The highest BCUT2D eigenvalue weighted by atomic mass is 79.9. The molecule has 0 bridgehead atoms. The maximum atomic E-state index is 12.5. The van der Waals surface area contributed by atoms with Gasteiger partial charge in [-0.2, -0.15) is 0 Å². The summed E-state index contributed by atoms with van der Waals surface area (Å²) < 4.78 is 28.5. The van der Waals surface area contributed by atoms with Gasteiger partial charge in [0.1, 0.15) is 0 Å². The van der Waals surface area contributed by atoms with Crippen LogP contribution >= 0.6 is 27.7 Å². The molecule has 5 nitrogen and oxygen atoms in total. The van der Waals surface area contributed by atoms with Crippen LogP contribution in [0.3, 0.4) is 0 Å². The van der Waals surface area contributed by atoms with Crippen LogP contribution in [-0.4, -0.2) is 19.6 Å². The van der Waals surface area contributed by atoms with Gasteiger partial charge in [0.25, 0.3) is 10.0 Å². The van der Waals surface area contributed by atoms with Gasteiger partial charge >= 0.3 is 0 Å². The van der Waals surface area contributed by atoms with Crippen molar-refractivity contribution in [2.75, 3.05) is 10.0 Å². The lowest BCUT2D eigenvalue weighted by atomic mass is 10.2. The summed E-state index contributed by atoms with van der Waals surface area (Å²) in [5, 5.41) is 2.59. The predicted octanol–water partition coefficient (Wildman–Crippen LogP) is 5.51. The minimum absolute atomic E-state index is 0.120. The molecule has 3 aromatic rings. The number of nitrogens with one attached hydrogen (secondary N) is 2. The summed E-state index contributed by atoms with van der Waals surface area (Å²) in [7, 11) is -3.71. The average Bonchev–Trinajstić information content (AvgIpc) is 2.74. The molecule has 3 aromatic carbocycles. The fourth-order valence-electron chi connectivity index (χ4n) is 2.56. The number of rotatable bonds is 8. The van der Waals surface area contributed by atoms with E-state index < -0.39 is 10.0 Å². The molecule has 0 saturated carbocycles. The van der Waals surface area contributed by atoms with Gasteiger partial charge in [-0.25, -0.2) is 8.42 Å². The van der Waals surface area contributed by atoms with Gasteiger partial charge in [0.2, 0.25) is 5.91 Å². The van der Waals surface area contributed by atoms with Gasteiger partial charge in [-0.3, -0.25) is 9.52 Å². The number of thioether (sulfide) groups is 1. The Bertz CT molecular complexity index is 1090. The van der Waals surface area contributed by atoms with Crippen LogP contribution < -0.4 is 10.0 Å². The van der Waals surface area contributed by atoms with Gasteiger partial charge < -0.3 is 5.32 Å². The lowest BCUT2D eigenvalue weighted by molar-refractivity contribution is -0.115. The lowest BCUT2D eigenvalue weighted by Gasteiger charge is -2.13. The highest BCUT2D eigenvalue weighted by Gasteiger charge is 2.16. The van der Waals surface area contributed by atoms with Crippen LogP contribution in [0.15, 0.2) is 88.2 Å².